The minimum Gasteiger partial charge on any atom is -0.466 e. The van der Waals surface area contributed by atoms with Gasteiger partial charge in [-0.2, -0.15) is 0 Å². The summed E-state index contributed by atoms with van der Waals surface area (Å²) in [4.78, 5) is 24.6. The number of allylic oxidation sites excluding steroid dienone is 3. The molecule has 0 rings (SSSR count). The molecule has 0 radical (unpaired) electrons. The summed E-state index contributed by atoms with van der Waals surface area (Å²) in [6.07, 6.45) is 95.9. The number of rotatable bonds is 74. The number of ether oxygens (including phenoxy) is 1. The van der Waals surface area contributed by atoms with Gasteiger partial charge in [0.1, 0.15) is 0 Å². The molecule has 85 heavy (non-hydrogen) atoms. The molecule has 0 aliphatic rings. The maximum Gasteiger partial charge on any atom is 0.305 e. The first-order valence-electron chi connectivity index (χ1n) is 39.1. The van der Waals surface area contributed by atoms with Gasteiger partial charge in [0.05, 0.1) is 25.4 Å². The molecule has 1 amide bonds. The molecule has 6 heteroatoms. The van der Waals surface area contributed by atoms with Gasteiger partial charge < -0.3 is 20.3 Å². The van der Waals surface area contributed by atoms with Crippen LogP contribution < -0.4 is 5.32 Å². The van der Waals surface area contributed by atoms with E-state index in [0.717, 1.165) is 38.5 Å². The van der Waals surface area contributed by atoms with Crippen LogP contribution in [0.5, 0.6) is 0 Å². The van der Waals surface area contributed by atoms with Gasteiger partial charge in [0.2, 0.25) is 5.91 Å². The second kappa shape index (κ2) is 74.8. The van der Waals surface area contributed by atoms with E-state index in [4.69, 9.17) is 4.74 Å². The number of esters is 1. The predicted molar refractivity (Wildman–Crippen MR) is 375 cm³/mol. The number of hydrogen-bond acceptors (Lipinski definition) is 5. The predicted octanol–water partition coefficient (Wildman–Crippen LogP) is 25.7. The number of aliphatic hydroxyl groups is 2. The smallest absolute Gasteiger partial charge is 0.305 e. The van der Waals surface area contributed by atoms with Crippen LogP contribution in [-0.2, 0) is 14.3 Å². The van der Waals surface area contributed by atoms with Crippen LogP contribution in [0.2, 0.25) is 0 Å². The number of carbonyl (C=O) groups is 2. The Morgan fingerprint density at radius 2 is 0.553 bits per heavy atom. The standard InChI is InChI=1S/C79H153NO5/c1-3-5-7-9-11-13-15-17-19-20-38-42-45-49-53-57-61-65-69-73-79(84)85-74-70-66-62-58-54-50-46-43-40-37-35-33-31-29-27-25-23-21-22-24-26-28-30-32-34-36-39-41-44-48-52-56-60-64-68-72-78(83)80-76(75-81)77(82)71-67-63-59-55-51-47-18-16-14-12-10-8-6-4-2/h17,19,67,71,76-77,81-82H,3-16,18,20-66,68-70,72-75H2,1-2H3,(H,80,83)/b19-17-,71-67+. The van der Waals surface area contributed by atoms with Crippen LogP contribution in [0, 0.1) is 0 Å². The molecule has 2 unspecified atom stereocenters. The third kappa shape index (κ3) is 71.3. The molecular formula is C79H153NO5. The number of aliphatic hydroxyl groups excluding tert-OH is 2. The second-order valence-corrected chi connectivity index (χ2v) is 27.0. The molecule has 0 aromatic carbocycles. The number of unbranched alkanes of at least 4 members (excludes halogenated alkanes) is 61. The summed E-state index contributed by atoms with van der Waals surface area (Å²) < 4.78 is 5.52. The van der Waals surface area contributed by atoms with Crippen LogP contribution in [0.15, 0.2) is 24.3 Å². The molecule has 0 spiro atoms. The van der Waals surface area contributed by atoms with Crippen molar-refractivity contribution in [3.8, 4) is 0 Å². The highest BCUT2D eigenvalue weighted by Crippen LogP contribution is 2.20. The van der Waals surface area contributed by atoms with Gasteiger partial charge in [0.25, 0.3) is 0 Å². The van der Waals surface area contributed by atoms with E-state index >= 15 is 0 Å². The van der Waals surface area contributed by atoms with Crippen molar-refractivity contribution < 1.29 is 24.5 Å². The largest absolute Gasteiger partial charge is 0.466 e. The van der Waals surface area contributed by atoms with Crippen molar-refractivity contribution in [3.63, 3.8) is 0 Å². The van der Waals surface area contributed by atoms with Crippen LogP contribution in [0.3, 0.4) is 0 Å². The van der Waals surface area contributed by atoms with Gasteiger partial charge in [-0.25, -0.2) is 0 Å². The fourth-order valence-electron chi connectivity index (χ4n) is 12.5. The number of amides is 1. The SMILES string of the molecule is CCCCCCCC/C=C\CCCCCCCCCCCC(=O)OCCCCCCCCCCCCCCCCCCCCCCCCCCCCCCCCCCCCCC(=O)NC(CO)C(O)/C=C/CCCCCCCCCCCCCC. The first-order valence-corrected chi connectivity index (χ1v) is 39.1. The Kier molecular flexibility index (Phi) is 73.3. The maximum absolute atomic E-state index is 12.5. The molecule has 0 aromatic rings. The van der Waals surface area contributed by atoms with E-state index in [1.54, 1.807) is 6.08 Å². The van der Waals surface area contributed by atoms with Gasteiger partial charge in [-0.15, -0.1) is 0 Å². The van der Waals surface area contributed by atoms with E-state index in [0.29, 0.717) is 19.4 Å². The van der Waals surface area contributed by atoms with E-state index in [9.17, 15) is 19.8 Å². The quantitative estimate of drug-likeness (QED) is 0.0320. The summed E-state index contributed by atoms with van der Waals surface area (Å²) in [5, 5.41) is 23.2. The summed E-state index contributed by atoms with van der Waals surface area (Å²) >= 11 is 0. The molecule has 0 aliphatic carbocycles. The van der Waals surface area contributed by atoms with Crippen molar-refractivity contribution in [2.24, 2.45) is 0 Å². The summed E-state index contributed by atoms with van der Waals surface area (Å²) in [6.45, 7) is 4.94. The van der Waals surface area contributed by atoms with E-state index in [2.05, 4.69) is 31.3 Å². The van der Waals surface area contributed by atoms with Crippen LogP contribution >= 0.6 is 0 Å². The van der Waals surface area contributed by atoms with Crippen molar-refractivity contribution >= 4 is 11.9 Å². The Labute approximate surface area is 532 Å². The van der Waals surface area contributed by atoms with Gasteiger partial charge in [0, 0.05) is 12.8 Å². The molecule has 0 bridgehead atoms. The van der Waals surface area contributed by atoms with Crippen molar-refractivity contribution in [2.45, 2.75) is 456 Å². The Morgan fingerprint density at radius 1 is 0.318 bits per heavy atom. The number of nitrogens with one attached hydrogen (secondary N) is 1. The van der Waals surface area contributed by atoms with Gasteiger partial charge in [0.15, 0.2) is 0 Å². The van der Waals surface area contributed by atoms with E-state index in [-0.39, 0.29) is 18.5 Å². The minimum absolute atomic E-state index is 0.0228. The highest BCUT2D eigenvalue weighted by atomic mass is 16.5. The zero-order chi connectivity index (χ0) is 61.3. The Bertz CT molecular complexity index is 1330. The molecule has 0 aliphatic heterocycles. The van der Waals surface area contributed by atoms with Gasteiger partial charge in [-0.1, -0.05) is 398 Å². The van der Waals surface area contributed by atoms with E-state index in [1.165, 1.54) is 379 Å². The first kappa shape index (κ1) is 83.3. The second-order valence-electron chi connectivity index (χ2n) is 27.0. The monoisotopic (exact) mass is 1200 g/mol. The van der Waals surface area contributed by atoms with Crippen molar-refractivity contribution in [2.75, 3.05) is 13.2 Å². The molecule has 0 heterocycles. The molecule has 0 saturated carbocycles. The molecule has 6 nitrogen and oxygen atoms in total. The third-order valence-electron chi connectivity index (χ3n) is 18.5. The molecular weight excluding hydrogens is 1040 g/mol. The number of carbonyl (C=O) groups excluding carboxylic acids is 2. The highest BCUT2D eigenvalue weighted by Gasteiger charge is 2.18. The minimum atomic E-state index is -0.840. The van der Waals surface area contributed by atoms with Crippen molar-refractivity contribution in [1.29, 1.82) is 0 Å². The Morgan fingerprint density at radius 3 is 0.835 bits per heavy atom. The fraction of sp³-hybridized carbons (Fsp3) is 0.924. The Balaban J connectivity index is 3.30. The van der Waals surface area contributed by atoms with Crippen molar-refractivity contribution in [1.82, 2.24) is 5.32 Å². The van der Waals surface area contributed by atoms with E-state index < -0.39 is 12.1 Å². The maximum atomic E-state index is 12.5. The molecule has 3 N–H and O–H groups in total. The summed E-state index contributed by atoms with van der Waals surface area (Å²) in [7, 11) is 0. The molecule has 2 atom stereocenters. The fourth-order valence-corrected chi connectivity index (χ4v) is 12.5. The average molecular weight is 1200 g/mol. The lowest BCUT2D eigenvalue weighted by molar-refractivity contribution is -0.143. The van der Waals surface area contributed by atoms with Crippen LogP contribution in [0.1, 0.15) is 444 Å². The highest BCUT2D eigenvalue weighted by molar-refractivity contribution is 5.76. The number of hydrogen-bond donors (Lipinski definition) is 3. The topological polar surface area (TPSA) is 95.9 Å². The van der Waals surface area contributed by atoms with Gasteiger partial charge >= 0.3 is 5.97 Å². The average Bonchev–Trinajstić information content (AvgIpc) is 3.51. The van der Waals surface area contributed by atoms with Crippen LogP contribution in [0.25, 0.3) is 0 Å². The van der Waals surface area contributed by atoms with Crippen LogP contribution in [-0.4, -0.2) is 47.4 Å². The molecule has 0 fully saturated rings. The lowest BCUT2D eigenvalue weighted by Gasteiger charge is -2.20. The van der Waals surface area contributed by atoms with Crippen molar-refractivity contribution in [3.05, 3.63) is 24.3 Å². The van der Waals surface area contributed by atoms with Crippen LogP contribution in [0.4, 0.5) is 0 Å². The van der Waals surface area contributed by atoms with E-state index in [1.807, 2.05) is 6.08 Å². The lowest BCUT2D eigenvalue weighted by Crippen LogP contribution is -2.45. The van der Waals surface area contributed by atoms with Gasteiger partial charge in [-0.3, -0.25) is 9.59 Å². The lowest BCUT2D eigenvalue weighted by atomic mass is 10.0. The molecule has 0 aromatic heterocycles. The van der Waals surface area contributed by atoms with Gasteiger partial charge in [-0.05, 0) is 57.8 Å². The summed E-state index contributed by atoms with van der Waals surface area (Å²) in [5.41, 5.74) is 0. The normalized spacial score (nSPS) is 12.6. The zero-order valence-electron chi connectivity index (χ0n) is 57.9. The molecule has 504 valence electrons. The molecule has 0 saturated heterocycles. The third-order valence-corrected chi connectivity index (χ3v) is 18.5. The summed E-state index contributed by atoms with van der Waals surface area (Å²) in [6, 6.07) is -0.623. The zero-order valence-corrected chi connectivity index (χ0v) is 57.9. The Hall–Kier alpha value is -1.66. The first-order chi connectivity index (χ1) is 42.0. The summed E-state index contributed by atoms with van der Waals surface area (Å²) in [5.74, 6) is -0.0372.